The van der Waals surface area contributed by atoms with Crippen LogP contribution in [0, 0.1) is 0 Å². The molecule has 0 N–H and O–H groups in total. The second-order valence-corrected chi connectivity index (χ2v) is 9.16. The van der Waals surface area contributed by atoms with Crippen molar-refractivity contribution >= 4 is 36.8 Å². The zero-order valence-electron chi connectivity index (χ0n) is 2.39. The van der Waals surface area contributed by atoms with E-state index in [1.165, 1.54) is 0 Å². The van der Waals surface area contributed by atoms with Gasteiger partial charge in [0.25, 0.3) is 0 Å². The van der Waals surface area contributed by atoms with Crippen molar-refractivity contribution in [1.29, 1.82) is 0 Å². The third-order valence-corrected chi connectivity index (χ3v) is 5.81. The maximum atomic E-state index is 2.63. The summed E-state index contributed by atoms with van der Waals surface area (Å²) >= 11 is 0.361. The second-order valence-electron chi connectivity index (χ2n) is 0.263. The topological polar surface area (TPSA) is 0 Å². The van der Waals surface area contributed by atoms with E-state index in [4.69, 9.17) is 0 Å². The first-order valence-electron chi connectivity index (χ1n) is 0.811. The number of hydrogen-bond donors (Lipinski definition) is 0. The van der Waals surface area contributed by atoms with Crippen molar-refractivity contribution in [2.75, 3.05) is 4.93 Å². The molecule has 0 amide bonds. The summed E-state index contributed by atoms with van der Waals surface area (Å²) in [6.07, 6.45) is 0. The van der Waals surface area contributed by atoms with Crippen LogP contribution in [0.2, 0.25) is 0 Å². The molecule has 0 aromatic rings. The van der Waals surface area contributed by atoms with Crippen LogP contribution in [0.15, 0.2) is 0 Å². The molecule has 0 saturated carbocycles. The average Bonchev–Trinajstić information content (AvgIpc) is 1.37. The SMILES string of the molecule is C[IH]SP. The molecular formula is CH6IPS. The molecule has 0 aromatic carbocycles. The van der Waals surface area contributed by atoms with Crippen LogP contribution >= 0.6 is 36.8 Å². The zero-order valence-corrected chi connectivity index (χ0v) is 6.70. The Labute approximate surface area is 41.8 Å². The van der Waals surface area contributed by atoms with Crippen LogP contribution in [0.25, 0.3) is 0 Å². The fraction of sp³-hybridized carbons (Fsp3) is 1.00. The summed E-state index contributed by atoms with van der Waals surface area (Å²) in [5.74, 6) is 0. The van der Waals surface area contributed by atoms with E-state index in [9.17, 15) is 0 Å². The van der Waals surface area contributed by atoms with Crippen LogP contribution in [0.4, 0.5) is 0 Å². The molecule has 0 spiro atoms. The zero-order chi connectivity index (χ0) is 3.41. The predicted molar refractivity (Wildman–Crippen MR) is 38.6 cm³/mol. The quantitative estimate of drug-likeness (QED) is 0.359. The molecule has 0 saturated heterocycles. The summed E-state index contributed by atoms with van der Waals surface area (Å²) < 4.78 is 0. The van der Waals surface area contributed by atoms with Crippen molar-refractivity contribution in [3.05, 3.63) is 0 Å². The minimum absolute atomic E-state index is 0.361. The Kier molecular flexibility index (Phi) is 6.21. The van der Waals surface area contributed by atoms with Crippen molar-refractivity contribution < 1.29 is 0 Å². The molecule has 0 fully saturated rings. The summed E-state index contributed by atoms with van der Waals surface area (Å²) in [6, 6.07) is 0. The molecule has 0 heterocycles. The monoisotopic (exact) mass is 208 g/mol. The van der Waals surface area contributed by atoms with E-state index in [-0.39, 0.29) is 0 Å². The van der Waals surface area contributed by atoms with Crippen LogP contribution < -0.4 is 0 Å². The Morgan fingerprint density at radius 3 is 2.25 bits per heavy atom. The van der Waals surface area contributed by atoms with Crippen LogP contribution in [0.1, 0.15) is 0 Å². The van der Waals surface area contributed by atoms with Gasteiger partial charge in [-0.1, -0.05) is 0 Å². The Hall–Kier alpha value is 1.51. The molecule has 1 unspecified atom stereocenters. The van der Waals surface area contributed by atoms with Gasteiger partial charge in [0, 0.05) is 0 Å². The molecule has 0 rings (SSSR count). The molecule has 0 aliphatic rings. The molecule has 1 atom stereocenters. The standard InChI is InChI=1S/CH6IPS/c1-2-4-3/h2H,3H2,1H3. The van der Waals surface area contributed by atoms with Crippen LogP contribution in [-0.2, 0) is 0 Å². The van der Waals surface area contributed by atoms with Gasteiger partial charge in [0.05, 0.1) is 0 Å². The van der Waals surface area contributed by atoms with E-state index >= 15 is 0 Å². The number of halogens is 1. The van der Waals surface area contributed by atoms with Crippen molar-refractivity contribution in [1.82, 2.24) is 0 Å². The summed E-state index contributed by atoms with van der Waals surface area (Å²) in [4.78, 5) is 2.25. The van der Waals surface area contributed by atoms with Gasteiger partial charge in [0.1, 0.15) is 0 Å². The van der Waals surface area contributed by atoms with E-state index in [0.29, 0.717) is 19.8 Å². The van der Waals surface area contributed by atoms with Gasteiger partial charge in [0.15, 0.2) is 0 Å². The average molecular weight is 208 g/mol. The Morgan fingerprint density at radius 2 is 2.25 bits per heavy atom. The molecular weight excluding hydrogens is 202 g/mol. The van der Waals surface area contributed by atoms with Gasteiger partial charge in [-0.15, -0.1) is 0 Å². The fourth-order valence-electron chi connectivity index (χ4n) is 0. The van der Waals surface area contributed by atoms with Gasteiger partial charge >= 0.3 is 41.7 Å². The third kappa shape index (κ3) is 3.51. The van der Waals surface area contributed by atoms with Gasteiger partial charge in [0.2, 0.25) is 0 Å². The first-order chi connectivity index (χ1) is 1.91. The van der Waals surface area contributed by atoms with Crippen molar-refractivity contribution in [3.63, 3.8) is 0 Å². The van der Waals surface area contributed by atoms with E-state index in [1.807, 2.05) is 8.55 Å². The Morgan fingerprint density at radius 1 is 2.00 bits per heavy atom. The molecule has 28 valence electrons. The molecule has 3 heteroatoms. The van der Waals surface area contributed by atoms with E-state index in [2.05, 4.69) is 13.4 Å². The van der Waals surface area contributed by atoms with E-state index in [1.54, 1.807) is 0 Å². The van der Waals surface area contributed by atoms with Gasteiger partial charge < -0.3 is 0 Å². The molecule has 0 radical (unpaired) electrons. The van der Waals surface area contributed by atoms with Crippen LogP contribution in [0.3, 0.4) is 0 Å². The number of hydrogen-bond acceptors (Lipinski definition) is 1. The van der Waals surface area contributed by atoms with Gasteiger partial charge in [-0.25, -0.2) is 0 Å². The molecule has 0 bridgehead atoms. The van der Waals surface area contributed by atoms with Crippen molar-refractivity contribution in [2.24, 2.45) is 0 Å². The molecule has 0 aromatic heterocycles. The molecule has 0 aliphatic heterocycles. The number of rotatable bonds is 1. The third-order valence-electron chi connectivity index (χ3n) is 0.0962. The first-order valence-corrected chi connectivity index (χ1v) is 8.21. The van der Waals surface area contributed by atoms with Gasteiger partial charge in [-0.05, 0) is 0 Å². The predicted octanol–water partition coefficient (Wildman–Crippen LogP) is 1.76. The van der Waals surface area contributed by atoms with Crippen LogP contribution in [0.5, 0.6) is 0 Å². The maximum absolute atomic E-state index is 2.63. The summed E-state index contributed by atoms with van der Waals surface area (Å²) in [7, 11) is 4.53. The van der Waals surface area contributed by atoms with Gasteiger partial charge in [-0.2, -0.15) is 0 Å². The molecule has 4 heavy (non-hydrogen) atoms. The summed E-state index contributed by atoms with van der Waals surface area (Å²) in [5, 5.41) is 0. The Bertz CT molecular complexity index is 10.0. The van der Waals surface area contributed by atoms with E-state index < -0.39 is 0 Å². The van der Waals surface area contributed by atoms with Crippen molar-refractivity contribution in [2.45, 2.75) is 0 Å². The number of alkyl halides is 1. The van der Waals surface area contributed by atoms with Gasteiger partial charge in [-0.3, -0.25) is 0 Å². The van der Waals surface area contributed by atoms with E-state index in [0.717, 1.165) is 0 Å². The molecule has 0 aliphatic carbocycles. The Balaban J connectivity index is 1.97. The molecule has 0 nitrogen and oxygen atoms in total. The fourth-order valence-corrected chi connectivity index (χ4v) is 0. The minimum atomic E-state index is 0.361. The normalized spacial score (nSPS) is 8.50. The van der Waals surface area contributed by atoms with Crippen LogP contribution in [-0.4, -0.2) is 4.93 Å². The first kappa shape index (κ1) is 5.51. The second kappa shape index (κ2) is 4.51. The summed E-state index contributed by atoms with van der Waals surface area (Å²) in [5.41, 5.74) is 0. The summed E-state index contributed by atoms with van der Waals surface area (Å²) in [6.45, 7) is 0. The van der Waals surface area contributed by atoms with Crippen molar-refractivity contribution in [3.8, 4) is 0 Å².